The summed E-state index contributed by atoms with van der Waals surface area (Å²) in [5.41, 5.74) is 4.91. The Balaban J connectivity index is 2.62. The highest BCUT2D eigenvalue weighted by Crippen LogP contribution is 2.24. The lowest BCUT2D eigenvalue weighted by Gasteiger charge is -2.26. The first kappa shape index (κ1) is 22.0. The van der Waals surface area contributed by atoms with Crippen molar-refractivity contribution in [2.45, 2.75) is 40.2 Å². The van der Waals surface area contributed by atoms with Crippen LogP contribution in [0.3, 0.4) is 0 Å². The average Bonchev–Trinajstić information content (AvgIpc) is 2.62. The van der Waals surface area contributed by atoms with E-state index >= 15 is 0 Å². The maximum absolute atomic E-state index is 13.1. The lowest BCUT2D eigenvalue weighted by atomic mass is 10.1. The third-order valence-electron chi connectivity index (χ3n) is 4.06. The number of unbranched alkanes of at least 4 members (excludes halogenated alkanes) is 1. The largest absolute Gasteiger partial charge is 0.383 e. The van der Waals surface area contributed by atoms with Crippen molar-refractivity contribution in [3.8, 4) is 0 Å². The van der Waals surface area contributed by atoms with Gasteiger partial charge < -0.3 is 10.6 Å². The molecule has 0 aromatic carbocycles. The van der Waals surface area contributed by atoms with Crippen molar-refractivity contribution < 1.29 is 4.79 Å². The normalized spacial score (nSPS) is 11.1. The van der Waals surface area contributed by atoms with Crippen LogP contribution in [0.4, 0.5) is 11.5 Å². The van der Waals surface area contributed by atoms with Crippen molar-refractivity contribution in [3.63, 3.8) is 0 Å². The Labute approximate surface area is 172 Å². The summed E-state index contributed by atoms with van der Waals surface area (Å²) in [6.07, 6.45) is 2.82. The van der Waals surface area contributed by atoms with E-state index in [1.807, 2.05) is 20.8 Å². The number of pyridine rings is 1. The lowest BCUT2D eigenvalue weighted by Crippen LogP contribution is -2.42. The van der Waals surface area contributed by atoms with Crippen LogP contribution in [0.1, 0.15) is 44.0 Å². The van der Waals surface area contributed by atoms with E-state index in [9.17, 15) is 14.4 Å². The van der Waals surface area contributed by atoms with E-state index in [2.05, 4.69) is 9.97 Å². The van der Waals surface area contributed by atoms with E-state index in [1.165, 1.54) is 21.7 Å². The molecule has 0 aliphatic carbocycles. The first-order valence-electron chi connectivity index (χ1n) is 8.92. The Morgan fingerprint density at radius 1 is 1.36 bits per heavy atom. The van der Waals surface area contributed by atoms with Gasteiger partial charge in [0.2, 0.25) is 0 Å². The van der Waals surface area contributed by atoms with Crippen LogP contribution in [0.5, 0.6) is 0 Å². The Hall–Kier alpha value is -2.32. The van der Waals surface area contributed by atoms with E-state index in [4.69, 9.17) is 28.9 Å². The number of rotatable bonds is 7. The summed E-state index contributed by atoms with van der Waals surface area (Å²) in [4.78, 5) is 45.3. The summed E-state index contributed by atoms with van der Waals surface area (Å²) in [5.74, 6) is -0.545. The summed E-state index contributed by atoms with van der Waals surface area (Å²) in [5, 5.41) is 0.186. The zero-order valence-electron chi connectivity index (χ0n) is 16.0. The molecule has 0 spiro atoms. The van der Waals surface area contributed by atoms with Crippen molar-refractivity contribution in [2.75, 3.05) is 17.2 Å². The molecule has 0 fully saturated rings. The predicted octanol–water partition coefficient (Wildman–Crippen LogP) is 2.92. The number of nitrogen functional groups attached to an aromatic ring is 1. The highest BCUT2D eigenvalue weighted by molar-refractivity contribution is 6.41. The number of aromatic nitrogens is 3. The fourth-order valence-electron chi connectivity index (χ4n) is 2.71. The maximum Gasteiger partial charge on any atom is 0.330 e. The van der Waals surface area contributed by atoms with Crippen molar-refractivity contribution >= 4 is 40.6 Å². The number of nitrogens with two attached hydrogens (primary N) is 1. The van der Waals surface area contributed by atoms with E-state index < -0.39 is 17.2 Å². The third kappa shape index (κ3) is 4.74. The molecule has 1 amide bonds. The number of amides is 1. The minimum atomic E-state index is -0.725. The van der Waals surface area contributed by atoms with Gasteiger partial charge in [0, 0.05) is 19.3 Å². The smallest absolute Gasteiger partial charge is 0.330 e. The molecule has 3 N–H and O–H groups in total. The van der Waals surface area contributed by atoms with Crippen molar-refractivity contribution in [3.05, 3.63) is 48.8 Å². The maximum atomic E-state index is 13.1. The van der Waals surface area contributed by atoms with Gasteiger partial charge in [0.25, 0.3) is 11.5 Å². The third-order valence-corrected chi connectivity index (χ3v) is 4.74. The zero-order chi connectivity index (χ0) is 21.0. The molecule has 28 heavy (non-hydrogen) atoms. The van der Waals surface area contributed by atoms with Crippen LogP contribution in [0, 0.1) is 5.92 Å². The number of carbonyl (C=O) groups is 1. The lowest BCUT2D eigenvalue weighted by molar-refractivity contribution is 0.0983. The molecular weight excluding hydrogens is 405 g/mol. The molecule has 0 unspecified atom stereocenters. The van der Waals surface area contributed by atoms with E-state index in [-0.39, 0.29) is 39.7 Å². The molecule has 2 heterocycles. The van der Waals surface area contributed by atoms with Gasteiger partial charge >= 0.3 is 5.69 Å². The highest BCUT2D eigenvalue weighted by atomic mass is 35.5. The number of hydrogen-bond donors (Lipinski definition) is 2. The molecule has 0 bridgehead atoms. The van der Waals surface area contributed by atoms with Crippen LogP contribution >= 0.6 is 23.2 Å². The van der Waals surface area contributed by atoms with Crippen molar-refractivity contribution in [1.29, 1.82) is 0 Å². The first-order chi connectivity index (χ1) is 13.2. The highest BCUT2D eigenvalue weighted by Gasteiger charge is 2.26. The second kappa shape index (κ2) is 9.25. The molecular formula is C18H23Cl2N5O3. The quantitative estimate of drug-likeness (QED) is 0.659. The SMILES string of the molecule is CCCCn1c(N)c(N(CC(C)C)C(=O)c2cnc(Cl)c(Cl)c2)c(=O)[nH]c1=O. The summed E-state index contributed by atoms with van der Waals surface area (Å²) in [6, 6.07) is 1.38. The minimum absolute atomic E-state index is 0.0227. The molecule has 0 saturated carbocycles. The van der Waals surface area contributed by atoms with Gasteiger partial charge in [0.05, 0.1) is 10.6 Å². The van der Waals surface area contributed by atoms with Gasteiger partial charge in [-0.15, -0.1) is 0 Å². The standard InChI is InChI=1S/C18H23Cl2N5O3/c1-4-5-6-24-15(21)13(16(26)23-18(24)28)25(9-10(2)3)17(27)11-7-12(19)14(20)22-8-11/h7-8,10H,4-6,9,21H2,1-3H3,(H,23,26,28). The number of H-pyrrole nitrogens is 1. The molecule has 8 nitrogen and oxygen atoms in total. The van der Waals surface area contributed by atoms with Crippen LogP contribution in [-0.2, 0) is 6.54 Å². The molecule has 0 aliphatic rings. The van der Waals surface area contributed by atoms with Crippen LogP contribution in [0.15, 0.2) is 21.9 Å². The Bertz CT molecular complexity index is 984. The molecule has 2 rings (SSSR count). The van der Waals surface area contributed by atoms with Crippen LogP contribution in [0.25, 0.3) is 0 Å². The molecule has 152 valence electrons. The molecule has 2 aromatic rings. The fraction of sp³-hybridized carbons (Fsp3) is 0.444. The Morgan fingerprint density at radius 2 is 2.04 bits per heavy atom. The number of nitrogens with zero attached hydrogens (tertiary/aromatic N) is 3. The Morgan fingerprint density at radius 3 is 2.61 bits per heavy atom. The average molecular weight is 428 g/mol. The minimum Gasteiger partial charge on any atom is -0.383 e. The van der Waals surface area contributed by atoms with Gasteiger partial charge in [-0.3, -0.25) is 19.1 Å². The number of anilines is 2. The van der Waals surface area contributed by atoms with Crippen molar-refractivity contribution in [1.82, 2.24) is 14.5 Å². The molecule has 10 heteroatoms. The Kier molecular flexibility index (Phi) is 7.26. The fourth-order valence-corrected chi connectivity index (χ4v) is 2.98. The van der Waals surface area contributed by atoms with Crippen LogP contribution in [-0.4, -0.2) is 27.0 Å². The van der Waals surface area contributed by atoms with Gasteiger partial charge in [0.1, 0.15) is 11.0 Å². The van der Waals surface area contributed by atoms with Gasteiger partial charge in [0.15, 0.2) is 5.69 Å². The number of nitrogens with one attached hydrogen (secondary N) is 1. The summed E-state index contributed by atoms with van der Waals surface area (Å²) in [7, 11) is 0. The summed E-state index contributed by atoms with van der Waals surface area (Å²) < 4.78 is 1.27. The second-order valence-corrected chi connectivity index (χ2v) is 7.57. The summed E-state index contributed by atoms with van der Waals surface area (Å²) in [6.45, 7) is 6.30. The van der Waals surface area contributed by atoms with E-state index in [0.29, 0.717) is 13.0 Å². The van der Waals surface area contributed by atoms with Gasteiger partial charge in [-0.2, -0.15) is 0 Å². The predicted molar refractivity (Wildman–Crippen MR) is 111 cm³/mol. The van der Waals surface area contributed by atoms with Gasteiger partial charge in [-0.05, 0) is 18.4 Å². The van der Waals surface area contributed by atoms with Gasteiger partial charge in [-0.25, -0.2) is 9.78 Å². The van der Waals surface area contributed by atoms with E-state index in [0.717, 1.165) is 6.42 Å². The van der Waals surface area contributed by atoms with E-state index in [1.54, 1.807) is 0 Å². The molecule has 0 radical (unpaired) electrons. The zero-order valence-corrected chi connectivity index (χ0v) is 17.5. The number of aromatic amines is 1. The first-order valence-corrected chi connectivity index (χ1v) is 9.68. The number of hydrogen-bond acceptors (Lipinski definition) is 5. The summed E-state index contributed by atoms with van der Waals surface area (Å²) >= 11 is 11.8. The topological polar surface area (TPSA) is 114 Å². The second-order valence-electron chi connectivity index (χ2n) is 6.80. The van der Waals surface area contributed by atoms with Crippen LogP contribution < -0.4 is 21.9 Å². The number of halogens is 2. The van der Waals surface area contributed by atoms with Crippen LogP contribution in [0.2, 0.25) is 10.2 Å². The molecule has 0 saturated heterocycles. The molecule has 2 aromatic heterocycles. The number of carbonyl (C=O) groups excluding carboxylic acids is 1. The monoisotopic (exact) mass is 427 g/mol. The molecule has 0 aliphatic heterocycles. The van der Waals surface area contributed by atoms with Crippen molar-refractivity contribution in [2.24, 2.45) is 5.92 Å². The molecule has 0 atom stereocenters. The van der Waals surface area contributed by atoms with Gasteiger partial charge in [-0.1, -0.05) is 50.4 Å².